The molecule has 178 valence electrons. The van der Waals surface area contributed by atoms with Crippen LogP contribution in [0.4, 0.5) is 0 Å². The average molecular weight is 463 g/mol. The number of methoxy groups -OCH3 is 2. The van der Waals surface area contributed by atoms with Gasteiger partial charge >= 0.3 is 0 Å². The fraction of sp³-hybridized carbons (Fsp3) is 0.556. The largest absolute Gasteiger partial charge is 0.465 e. The Kier molecular flexibility index (Phi) is 10.0. The van der Waals surface area contributed by atoms with E-state index in [1.165, 1.54) is 25.3 Å². The summed E-state index contributed by atoms with van der Waals surface area (Å²) < 4.78 is 23.4. The molecule has 0 aliphatic carbocycles. The maximum Gasteiger partial charge on any atom is 0.276 e. The molecule has 0 heterocycles. The summed E-state index contributed by atoms with van der Waals surface area (Å²) in [5.41, 5.74) is 4.23. The van der Waals surface area contributed by atoms with Crippen LogP contribution in [0.1, 0.15) is 69.9 Å². The lowest BCUT2D eigenvalue weighted by Crippen LogP contribution is -2.27. The third-order valence-electron chi connectivity index (χ3n) is 5.40. The topological polar surface area (TPSA) is 36.9 Å². The van der Waals surface area contributed by atoms with Crippen molar-refractivity contribution in [2.45, 2.75) is 72.0 Å². The molecule has 5 heteroatoms. The fourth-order valence-electron chi connectivity index (χ4n) is 3.99. The molecule has 2 rings (SSSR count). The molecule has 0 saturated carbocycles. The lowest BCUT2D eigenvalue weighted by atomic mass is 9.92. The highest BCUT2D eigenvalue weighted by Crippen LogP contribution is 2.37. The molecule has 0 aromatic heterocycles. The minimum Gasteiger partial charge on any atom is -0.465 e. The van der Waals surface area contributed by atoms with Crippen LogP contribution in [0, 0.1) is 11.8 Å². The average Bonchev–Trinajstić information content (AvgIpc) is 2.74. The Morgan fingerprint density at radius 2 is 1.44 bits per heavy atom. The Morgan fingerprint density at radius 3 is 2.03 bits per heavy atom. The van der Waals surface area contributed by atoms with Crippen molar-refractivity contribution in [3.05, 3.63) is 64.7 Å². The van der Waals surface area contributed by atoms with Crippen LogP contribution in [0.15, 0.2) is 42.5 Å². The minimum atomic E-state index is -1.37. The standard InChI is InChI=1S/C27H39ClO4/c1-18(2)16-22-12-11-15-26(24(22)17-19(3)4)32-21(6)31-20(5)23-13-9-10-14-25(23)27(28,29-7)30-8/h9-15,18-21H,16-17H2,1-8H3. The van der Waals surface area contributed by atoms with Gasteiger partial charge < -0.3 is 18.9 Å². The van der Waals surface area contributed by atoms with Crippen molar-refractivity contribution >= 4 is 11.6 Å². The van der Waals surface area contributed by atoms with E-state index in [1.807, 2.05) is 44.2 Å². The minimum absolute atomic E-state index is 0.281. The summed E-state index contributed by atoms with van der Waals surface area (Å²) in [6, 6.07) is 14.0. The van der Waals surface area contributed by atoms with Gasteiger partial charge in [0.2, 0.25) is 0 Å². The first-order valence-corrected chi connectivity index (χ1v) is 11.8. The van der Waals surface area contributed by atoms with E-state index in [-0.39, 0.29) is 6.10 Å². The lowest BCUT2D eigenvalue weighted by Gasteiger charge is -2.29. The zero-order valence-electron chi connectivity index (χ0n) is 20.8. The van der Waals surface area contributed by atoms with Gasteiger partial charge in [-0.25, -0.2) is 0 Å². The quantitative estimate of drug-likeness (QED) is 0.246. The van der Waals surface area contributed by atoms with E-state index in [9.17, 15) is 0 Å². The summed E-state index contributed by atoms with van der Waals surface area (Å²) in [4.78, 5) is 0. The Morgan fingerprint density at radius 1 is 0.812 bits per heavy atom. The molecule has 0 amide bonds. The van der Waals surface area contributed by atoms with E-state index in [0.29, 0.717) is 17.4 Å². The lowest BCUT2D eigenvalue weighted by molar-refractivity contribution is -0.151. The molecule has 0 N–H and O–H groups in total. The van der Waals surface area contributed by atoms with Crippen molar-refractivity contribution in [1.29, 1.82) is 0 Å². The van der Waals surface area contributed by atoms with Gasteiger partial charge in [-0.1, -0.05) is 75.7 Å². The van der Waals surface area contributed by atoms with Crippen LogP contribution in [-0.2, 0) is 32.3 Å². The van der Waals surface area contributed by atoms with E-state index >= 15 is 0 Å². The van der Waals surface area contributed by atoms with Crippen LogP contribution in [0.5, 0.6) is 5.75 Å². The second kappa shape index (κ2) is 12.0. The third kappa shape index (κ3) is 6.95. The number of halogens is 1. The predicted octanol–water partition coefficient (Wildman–Crippen LogP) is 7.23. The molecule has 0 aliphatic heterocycles. The maximum absolute atomic E-state index is 6.55. The third-order valence-corrected chi connectivity index (χ3v) is 5.92. The van der Waals surface area contributed by atoms with E-state index in [2.05, 4.69) is 39.8 Å². The van der Waals surface area contributed by atoms with Crippen LogP contribution in [0.25, 0.3) is 0 Å². The SMILES string of the molecule is COC(Cl)(OC)c1ccccc1C(C)OC(C)Oc1cccc(CC(C)C)c1CC(C)C. The zero-order chi connectivity index (χ0) is 23.9. The van der Waals surface area contributed by atoms with Gasteiger partial charge in [0.15, 0.2) is 6.29 Å². The molecule has 32 heavy (non-hydrogen) atoms. The molecule has 2 atom stereocenters. The number of alkyl halides is 1. The smallest absolute Gasteiger partial charge is 0.276 e. The normalized spacial score (nSPS) is 14.1. The Hall–Kier alpha value is -1.59. The van der Waals surface area contributed by atoms with E-state index in [4.69, 9.17) is 30.5 Å². The number of ether oxygens (including phenoxy) is 4. The summed E-state index contributed by atoms with van der Waals surface area (Å²) in [6.45, 7) is 12.9. The van der Waals surface area contributed by atoms with E-state index < -0.39 is 11.5 Å². The van der Waals surface area contributed by atoms with Gasteiger partial charge in [0.05, 0.1) is 6.10 Å². The Labute approximate surface area is 199 Å². The van der Waals surface area contributed by atoms with Crippen molar-refractivity contribution in [2.24, 2.45) is 11.8 Å². The van der Waals surface area contributed by atoms with E-state index in [0.717, 1.165) is 24.2 Å². The first-order chi connectivity index (χ1) is 15.1. The second-order valence-corrected chi connectivity index (χ2v) is 9.58. The number of rotatable bonds is 12. The molecular weight excluding hydrogens is 424 g/mol. The summed E-state index contributed by atoms with van der Waals surface area (Å²) in [5.74, 6) is 2.01. The Balaban J connectivity index is 2.24. The van der Waals surface area contributed by atoms with E-state index in [1.54, 1.807) is 0 Å². The number of benzene rings is 2. The number of hydrogen-bond donors (Lipinski definition) is 0. The summed E-state index contributed by atoms with van der Waals surface area (Å²) in [7, 11) is 3.04. The Bertz CT molecular complexity index is 845. The zero-order valence-corrected chi connectivity index (χ0v) is 21.5. The monoisotopic (exact) mass is 462 g/mol. The van der Waals surface area contributed by atoms with Gasteiger partial charge in [-0.2, -0.15) is 0 Å². The van der Waals surface area contributed by atoms with Crippen molar-refractivity contribution in [3.8, 4) is 5.75 Å². The van der Waals surface area contributed by atoms with Crippen molar-refractivity contribution < 1.29 is 18.9 Å². The summed E-state index contributed by atoms with van der Waals surface area (Å²) in [6.07, 6.45) is 1.27. The predicted molar refractivity (Wildman–Crippen MR) is 131 cm³/mol. The van der Waals surface area contributed by atoms with Gasteiger partial charge in [0.25, 0.3) is 5.25 Å². The van der Waals surface area contributed by atoms with Crippen molar-refractivity contribution in [2.75, 3.05) is 14.2 Å². The fourth-order valence-corrected chi connectivity index (χ4v) is 4.16. The van der Waals surface area contributed by atoms with Gasteiger partial charge in [-0.3, -0.25) is 0 Å². The van der Waals surface area contributed by atoms with Crippen molar-refractivity contribution in [3.63, 3.8) is 0 Å². The molecule has 4 nitrogen and oxygen atoms in total. The maximum atomic E-state index is 6.55. The molecule has 0 aliphatic rings. The van der Waals surface area contributed by atoms with Crippen LogP contribution in [-0.4, -0.2) is 20.5 Å². The highest BCUT2D eigenvalue weighted by Gasteiger charge is 2.33. The number of hydrogen-bond acceptors (Lipinski definition) is 4. The van der Waals surface area contributed by atoms with Crippen LogP contribution < -0.4 is 4.74 Å². The van der Waals surface area contributed by atoms with Gasteiger partial charge in [0.1, 0.15) is 5.75 Å². The first kappa shape index (κ1) is 26.7. The highest BCUT2D eigenvalue weighted by molar-refractivity contribution is 6.22. The second-order valence-electron chi connectivity index (χ2n) is 9.09. The molecule has 0 radical (unpaired) electrons. The summed E-state index contributed by atoms with van der Waals surface area (Å²) in [5, 5.41) is -1.37. The van der Waals surface area contributed by atoms with Gasteiger partial charge in [0, 0.05) is 19.8 Å². The first-order valence-electron chi connectivity index (χ1n) is 11.4. The summed E-state index contributed by atoms with van der Waals surface area (Å²) >= 11 is 6.55. The molecule has 2 aromatic rings. The highest BCUT2D eigenvalue weighted by atomic mass is 35.5. The van der Waals surface area contributed by atoms with Crippen LogP contribution in [0.3, 0.4) is 0 Å². The molecule has 0 spiro atoms. The molecular formula is C27H39ClO4. The molecule has 0 fully saturated rings. The van der Waals surface area contributed by atoms with Crippen LogP contribution >= 0.6 is 11.6 Å². The van der Waals surface area contributed by atoms with Gasteiger partial charge in [-0.15, -0.1) is 0 Å². The molecule has 0 saturated heterocycles. The van der Waals surface area contributed by atoms with Gasteiger partial charge in [-0.05, 0) is 61.3 Å². The van der Waals surface area contributed by atoms with Crippen molar-refractivity contribution in [1.82, 2.24) is 0 Å². The molecule has 2 unspecified atom stereocenters. The van der Waals surface area contributed by atoms with Crippen LogP contribution in [0.2, 0.25) is 0 Å². The molecule has 2 aromatic carbocycles. The molecule has 0 bridgehead atoms.